The molecule has 0 aromatic heterocycles. The molecule has 1 fully saturated rings. The van der Waals surface area contributed by atoms with E-state index in [1.54, 1.807) is 0 Å². The Bertz CT molecular complexity index is 552. The van der Waals surface area contributed by atoms with Crippen molar-refractivity contribution in [3.63, 3.8) is 0 Å². The predicted molar refractivity (Wildman–Crippen MR) is 96.2 cm³/mol. The first-order valence-electron chi connectivity index (χ1n) is 8.84. The molecule has 0 amide bonds. The molecule has 5 nitrogen and oxygen atoms in total. The molecule has 0 radical (unpaired) electrons. The maximum absolute atomic E-state index is 13.0. The first-order chi connectivity index (χ1) is 11.4. The molecule has 1 heterocycles. The van der Waals surface area contributed by atoms with Crippen LogP contribution in [0.5, 0.6) is 11.5 Å². The van der Waals surface area contributed by atoms with Gasteiger partial charge in [-0.2, -0.15) is 0 Å². The van der Waals surface area contributed by atoms with Gasteiger partial charge in [0.15, 0.2) is 5.78 Å². The van der Waals surface area contributed by atoms with E-state index in [2.05, 4.69) is 10.2 Å². The summed E-state index contributed by atoms with van der Waals surface area (Å²) in [6.45, 7) is 13.5. The number of hydrogen-bond donors (Lipinski definition) is 1. The third-order valence-electron chi connectivity index (χ3n) is 4.03. The van der Waals surface area contributed by atoms with Crippen molar-refractivity contribution < 1.29 is 14.3 Å². The molecule has 0 bridgehead atoms. The largest absolute Gasteiger partial charge is 0.491 e. The fourth-order valence-corrected chi connectivity index (χ4v) is 2.86. The standard InChI is InChI=1S/C19H30N2O3/c1-13(2)23-16-6-7-17(18(12-16)24-14(3)4)19(22)15(5)21-10-8-20-9-11-21/h6-7,12-15,20H,8-11H2,1-5H3. The Morgan fingerprint density at radius 2 is 1.67 bits per heavy atom. The summed E-state index contributed by atoms with van der Waals surface area (Å²) in [4.78, 5) is 15.2. The van der Waals surface area contributed by atoms with Crippen LogP contribution in [-0.2, 0) is 0 Å². The molecule has 1 saturated heterocycles. The highest BCUT2D eigenvalue weighted by molar-refractivity contribution is 6.02. The number of Topliss-reactive ketones (excluding diaryl/α,β-unsaturated/α-hetero) is 1. The van der Waals surface area contributed by atoms with Crippen molar-refractivity contribution in [1.29, 1.82) is 0 Å². The summed E-state index contributed by atoms with van der Waals surface area (Å²) in [7, 11) is 0. The minimum Gasteiger partial charge on any atom is -0.491 e. The topological polar surface area (TPSA) is 50.8 Å². The fraction of sp³-hybridized carbons (Fsp3) is 0.632. The SMILES string of the molecule is CC(C)Oc1ccc(C(=O)C(C)N2CCNCC2)c(OC(C)C)c1. The van der Waals surface area contributed by atoms with Crippen molar-refractivity contribution in [3.8, 4) is 11.5 Å². The second kappa shape index (κ2) is 8.49. The molecule has 134 valence electrons. The Balaban J connectivity index is 2.24. The van der Waals surface area contributed by atoms with Crippen LogP contribution in [0.15, 0.2) is 18.2 Å². The Hall–Kier alpha value is -1.59. The molecule has 1 aromatic carbocycles. The van der Waals surface area contributed by atoms with Gasteiger partial charge in [-0.25, -0.2) is 0 Å². The van der Waals surface area contributed by atoms with Crippen molar-refractivity contribution in [1.82, 2.24) is 10.2 Å². The van der Waals surface area contributed by atoms with E-state index >= 15 is 0 Å². The molecule has 24 heavy (non-hydrogen) atoms. The van der Waals surface area contributed by atoms with E-state index in [1.165, 1.54) is 0 Å². The van der Waals surface area contributed by atoms with E-state index in [9.17, 15) is 4.79 Å². The number of carbonyl (C=O) groups excluding carboxylic acids is 1. The number of carbonyl (C=O) groups is 1. The van der Waals surface area contributed by atoms with Crippen LogP contribution in [0.25, 0.3) is 0 Å². The zero-order chi connectivity index (χ0) is 17.7. The van der Waals surface area contributed by atoms with Crippen LogP contribution in [0.4, 0.5) is 0 Å². The van der Waals surface area contributed by atoms with Gasteiger partial charge in [0.1, 0.15) is 11.5 Å². The number of nitrogens with one attached hydrogen (secondary N) is 1. The monoisotopic (exact) mass is 334 g/mol. The summed E-state index contributed by atoms with van der Waals surface area (Å²) in [5.41, 5.74) is 0.630. The van der Waals surface area contributed by atoms with E-state index in [0.29, 0.717) is 11.3 Å². The molecular weight excluding hydrogens is 304 g/mol. The van der Waals surface area contributed by atoms with Crippen LogP contribution in [0.3, 0.4) is 0 Å². The van der Waals surface area contributed by atoms with Crippen molar-refractivity contribution in [2.75, 3.05) is 26.2 Å². The lowest BCUT2D eigenvalue weighted by molar-refractivity contribution is 0.0814. The third kappa shape index (κ3) is 4.95. The van der Waals surface area contributed by atoms with Crippen LogP contribution < -0.4 is 14.8 Å². The minimum absolute atomic E-state index is 0.000317. The number of hydrogen-bond acceptors (Lipinski definition) is 5. The maximum atomic E-state index is 13.0. The molecule has 0 saturated carbocycles. The normalized spacial score (nSPS) is 17.1. The molecule has 2 rings (SSSR count). The van der Waals surface area contributed by atoms with Crippen molar-refractivity contribution >= 4 is 5.78 Å². The fourth-order valence-electron chi connectivity index (χ4n) is 2.86. The second-order valence-electron chi connectivity index (χ2n) is 6.82. The minimum atomic E-state index is -0.154. The number of ether oxygens (including phenoxy) is 2. The van der Waals surface area contributed by atoms with E-state index in [4.69, 9.17) is 9.47 Å². The Labute approximate surface area is 145 Å². The van der Waals surface area contributed by atoms with Crippen LogP contribution in [0.2, 0.25) is 0 Å². The lowest BCUT2D eigenvalue weighted by atomic mass is 10.0. The molecule has 1 aliphatic heterocycles. The number of nitrogens with zero attached hydrogens (tertiary/aromatic N) is 1. The molecule has 1 aromatic rings. The predicted octanol–water partition coefficient (Wildman–Crippen LogP) is 2.74. The highest BCUT2D eigenvalue weighted by atomic mass is 16.5. The first kappa shape index (κ1) is 18.7. The molecule has 1 unspecified atom stereocenters. The summed E-state index contributed by atoms with van der Waals surface area (Å²) >= 11 is 0. The lowest BCUT2D eigenvalue weighted by Crippen LogP contribution is -2.50. The summed E-state index contributed by atoms with van der Waals surface area (Å²) in [6.07, 6.45) is 0.0820. The van der Waals surface area contributed by atoms with Gasteiger partial charge >= 0.3 is 0 Å². The first-order valence-corrected chi connectivity index (χ1v) is 8.84. The van der Waals surface area contributed by atoms with E-state index in [1.807, 2.05) is 52.8 Å². The Kier molecular flexibility index (Phi) is 6.63. The molecule has 1 atom stereocenters. The van der Waals surface area contributed by atoms with Crippen LogP contribution >= 0.6 is 0 Å². The van der Waals surface area contributed by atoms with E-state index in [0.717, 1.165) is 31.9 Å². The van der Waals surface area contributed by atoms with Gasteiger partial charge < -0.3 is 14.8 Å². The van der Waals surface area contributed by atoms with Gasteiger partial charge in [-0.05, 0) is 46.8 Å². The van der Waals surface area contributed by atoms with Gasteiger partial charge in [0.2, 0.25) is 0 Å². The second-order valence-corrected chi connectivity index (χ2v) is 6.82. The molecule has 0 aliphatic carbocycles. The summed E-state index contributed by atoms with van der Waals surface area (Å²) < 4.78 is 11.6. The molecule has 1 N–H and O–H groups in total. The number of piperazine rings is 1. The highest BCUT2D eigenvalue weighted by Gasteiger charge is 2.26. The molecule has 5 heteroatoms. The average Bonchev–Trinajstić information content (AvgIpc) is 2.53. The lowest BCUT2D eigenvalue weighted by Gasteiger charge is -2.32. The van der Waals surface area contributed by atoms with Crippen LogP contribution in [0.1, 0.15) is 45.0 Å². The summed E-state index contributed by atoms with van der Waals surface area (Å²) in [5.74, 6) is 1.44. The van der Waals surface area contributed by atoms with Crippen LogP contribution in [-0.4, -0.2) is 55.1 Å². The highest BCUT2D eigenvalue weighted by Crippen LogP contribution is 2.28. The van der Waals surface area contributed by atoms with E-state index < -0.39 is 0 Å². The van der Waals surface area contributed by atoms with E-state index in [-0.39, 0.29) is 24.0 Å². The smallest absolute Gasteiger partial charge is 0.183 e. The van der Waals surface area contributed by atoms with Gasteiger partial charge in [0.05, 0.1) is 23.8 Å². The van der Waals surface area contributed by atoms with Crippen molar-refractivity contribution in [2.45, 2.75) is 52.9 Å². The molecule has 1 aliphatic rings. The van der Waals surface area contributed by atoms with Crippen molar-refractivity contribution in [3.05, 3.63) is 23.8 Å². The quantitative estimate of drug-likeness (QED) is 0.777. The summed E-state index contributed by atoms with van der Waals surface area (Å²) in [6, 6.07) is 5.36. The zero-order valence-corrected chi connectivity index (χ0v) is 15.5. The Morgan fingerprint density at radius 3 is 2.25 bits per heavy atom. The summed E-state index contributed by atoms with van der Waals surface area (Å²) in [5, 5.41) is 3.32. The number of rotatable bonds is 7. The average molecular weight is 334 g/mol. The molecular formula is C19H30N2O3. The maximum Gasteiger partial charge on any atom is 0.183 e. The van der Waals surface area contributed by atoms with Gasteiger partial charge in [-0.15, -0.1) is 0 Å². The van der Waals surface area contributed by atoms with Crippen molar-refractivity contribution in [2.24, 2.45) is 0 Å². The van der Waals surface area contributed by atoms with Gasteiger partial charge in [0.25, 0.3) is 0 Å². The van der Waals surface area contributed by atoms with Gasteiger partial charge in [-0.1, -0.05) is 0 Å². The zero-order valence-electron chi connectivity index (χ0n) is 15.5. The third-order valence-corrected chi connectivity index (χ3v) is 4.03. The van der Waals surface area contributed by atoms with Crippen LogP contribution in [0, 0.1) is 0 Å². The Morgan fingerprint density at radius 1 is 1.04 bits per heavy atom. The van der Waals surface area contributed by atoms with Gasteiger partial charge in [-0.3, -0.25) is 9.69 Å². The molecule has 0 spiro atoms. The van der Waals surface area contributed by atoms with Gasteiger partial charge in [0, 0.05) is 32.2 Å². The number of ketones is 1. The number of benzene rings is 1.